The van der Waals surface area contributed by atoms with Gasteiger partial charge in [-0.05, 0) is 36.8 Å². The van der Waals surface area contributed by atoms with Crippen LogP contribution in [-0.2, 0) is 0 Å². The summed E-state index contributed by atoms with van der Waals surface area (Å²) < 4.78 is 27.3. The highest BCUT2D eigenvalue weighted by Gasteiger charge is 2.38. The zero-order valence-electron chi connectivity index (χ0n) is 11.0. The molecular formula is C14H17F2N3O. The number of carbonyl (C=O) groups excluding carboxylic acids is 1. The van der Waals surface area contributed by atoms with Crippen LogP contribution in [0, 0.1) is 23.5 Å². The number of hydrogen-bond acceptors (Lipinski definition) is 3. The van der Waals surface area contributed by atoms with Gasteiger partial charge in [0, 0.05) is 18.7 Å². The van der Waals surface area contributed by atoms with Crippen LogP contribution in [0.3, 0.4) is 0 Å². The molecule has 20 heavy (non-hydrogen) atoms. The van der Waals surface area contributed by atoms with Crippen LogP contribution >= 0.6 is 0 Å². The van der Waals surface area contributed by atoms with E-state index in [9.17, 15) is 13.6 Å². The summed E-state index contributed by atoms with van der Waals surface area (Å²) in [6, 6.07) is 2.07. The molecule has 1 aromatic carbocycles. The molecule has 0 bridgehead atoms. The molecule has 1 amide bonds. The fourth-order valence-corrected chi connectivity index (χ4v) is 3.42. The number of likely N-dealkylation sites (tertiary alicyclic amines) is 1. The van der Waals surface area contributed by atoms with Gasteiger partial charge in [-0.25, -0.2) is 8.78 Å². The van der Waals surface area contributed by atoms with Gasteiger partial charge in [0.25, 0.3) is 5.91 Å². The fourth-order valence-electron chi connectivity index (χ4n) is 3.42. The zero-order chi connectivity index (χ0) is 14.3. The number of hydrogen-bond donors (Lipinski definition) is 2. The Kier molecular flexibility index (Phi) is 3.33. The molecule has 2 unspecified atom stereocenters. The quantitative estimate of drug-likeness (QED) is 0.645. The van der Waals surface area contributed by atoms with Crippen LogP contribution in [0.15, 0.2) is 12.1 Å². The largest absolute Gasteiger partial charge is 0.338 e. The molecule has 1 heterocycles. The third-order valence-electron chi connectivity index (χ3n) is 4.45. The van der Waals surface area contributed by atoms with Crippen LogP contribution in [0.1, 0.15) is 29.6 Å². The van der Waals surface area contributed by atoms with E-state index in [4.69, 9.17) is 5.84 Å². The van der Waals surface area contributed by atoms with Gasteiger partial charge in [0.15, 0.2) is 11.6 Å². The average Bonchev–Trinajstić information content (AvgIpc) is 2.98. The third-order valence-corrected chi connectivity index (χ3v) is 4.45. The number of anilines is 1. The Labute approximate surface area is 115 Å². The summed E-state index contributed by atoms with van der Waals surface area (Å²) in [5.41, 5.74) is 1.58. The number of benzene rings is 1. The van der Waals surface area contributed by atoms with E-state index in [1.165, 1.54) is 6.42 Å². The zero-order valence-corrected chi connectivity index (χ0v) is 11.0. The highest BCUT2D eigenvalue weighted by Crippen LogP contribution is 2.38. The van der Waals surface area contributed by atoms with Crippen LogP contribution in [-0.4, -0.2) is 23.9 Å². The Morgan fingerprint density at radius 2 is 1.75 bits per heavy atom. The molecule has 6 heteroatoms. The molecule has 1 aliphatic carbocycles. The fraction of sp³-hybridized carbons (Fsp3) is 0.500. The molecule has 108 valence electrons. The van der Waals surface area contributed by atoms with Gasteiger partial charge in [-0.3, -0.25) is 10.6 Å². The Bertz CT molecular complexity index is 514. The summed E-state index contributed by atoms with van der Waals surface area (Å²) in [6.07, 6.45) is 3.51. The first-order chi connectivity index (χ1) is 9.60. The van der Waals surface area contributed by atoms with E-state index in [2.05, 4.69) is 0 Å². The van der Waals surface area contributed by atoms with Crippen molar-refractivity contribution in [2.45, 2.75) is 19.3 Å². The molecule has 2 fully saturated rings. The monoisotopic (exact) mass is 281 g/mol. The van der Waals surface area contributed by atoms with E-state index in [0.29, 0.717) is 24.9 Å². The van der Waals surface area contributed by atoms with Crippen molar-refractivity contribution in [1.82, 2.24) is 4.90 Å². The predicted molar refractivity (Wildman–Crippen MR) is 70.9 cm³/mol. The predicted octanol–water partition coefficient (Wildman–Crippen LogP) is 2.12. The lowest BCUT2D eigenvalue weighted by Gasteiger charge is -2.18. The van der Waals surface area contributed by atoms with Crippen molar-refractivity contribution < 1.29 is 13.6 Å². The first kappa shape index (κ1) is 13.3. The third kappa shape index (κ3) is 2.14. The first-order valence-electron chi connectivity index (χ1n) is 6.85. The number of carbonyl (C=O) groups is 1. The van der Waals surface area contributed by atoms with Crippen LogP contribution < -0.4 is 11.3 Å². The molecule has 1 aromatic rings. The minimum atomic E-state index is -0.852. The summed E-state index contributed by atoms with van der Waals surface area (Å²) in [7, 11) is 0. The number of hydrazine groups is 1. The van der Waals surface area contributed by atoms with Gasteiger partial charge in [-0.1, -0.05) is 6.42 Å². The summed E-state index contributed by atoms with van der Waals surface area (Å²) in [5, 5.41) is 0. The molecule has 0 aromatic heterocycles. The van der Waals surface area contributed by atoms with Crippen molar-refractivity contribution in [2.75, 3.05) is 18.5 Å². The molecule has 4 nitrogen and oxygen atoms in total. The highest BCUT2D eigenvalue weighted by molar-refractivity contribution is 5.95. The van der Waals surface area contributed by atoms with Crippen LogP contribution in [0.5, 0.6) is 0 Å². The maximum absolute atomic E-state index is 13.6. The van der Waals surface area contributed by atoms with Gasteiger partial charge in [-0.2, -0.15) is 0 Å². The van der Waals surface area contributed by atoms with Crippen molar-refractivity contribution in [2.24, 2.45) is 17.7 Å². The lowest BCUT2D eigenvalue weighted by atomic mass is 10.0. The Hall–Kier alpha value is -1.69. The number of amides is 1. The molecule has 2 atom stereocenters. The number of nitrogens with two attached hydrogens (primary N) is 1. The van der Waals surface area contributed by atoms with E-state index < -0.39 is 17.3 Å². The molecule has 3 N–H and O–H groups in total. The highest BCUT2D eigenvalue weighted by atomic mass is 19.1. The molecule has 1 saturated heterocycles. The first-order valence-corrected chi connectivity index (χ1v) is 6.85. The Morgan fingerprint density at radius 3 is 2.25 bits per heavy atom. The van der Waals surface area contributed by atoms with Gasteiger partial charge >= 0.3 is 0 Å². The summed E-state index contributed by atoms with van der Waals surface area (Å²) >= 11 is 0. The number of rotatable bonds is 2. The second-order valence-electron chi connectivity index (χ2n) is 5.62. The van der Waals surface area contributed by atoms with Crippen molar-refractivity contribution in [3.8, 4) is 0 Å². The van der Waals surface area contributed by atoms with Crippen molar-refractivity contribution in [3.63, 3.8) is 0 Å². The Balaban J connectivity index is 1.81. The SMILES string of the molecule is NNc1c(F)cc(C(=O)N2CC3CCCC3C2)cc1F. The van der Waals surface area contributed by atoms with Crippen molar-refractivity contribution >= 4 is 11.6 Å². The molecule has 2 aliphatic rings. The molecule has 0 spiro atoms. The van der Waals surface area contributed by atoms with Gasteiger partial charge in [-0.15, -0.1) is 0 Å². The van der Waals surface area contributed by atoms with E-state index >= 15 is 0 Å². The lowest BCUT2D eigenvalue weighted by molar-refractivity contribution is 0.0779. The topological polar surface area (TPSA) is 58.4 Å². The number of halogens is 2. The van der Waals surface area contributed by atoms with Crippen LogP contribution in [0.4, 0.5) is 14.5 Å². The second-order valence-corrected chi connectivity index (χ2v) is 5.62. The van der Waals surface area contributed by atoms with E-state index in [0.717, 1.165) is 25.0 Å². The molecule has 1 saturated carbocycles. The second kappa shape index (κ2) is 5.01. The van der Waals surface area contributed by atoms with Gasteiger partial charge in [0.05, 0.1) is 0 Å². The molecule has 0 radical (unpaired) electrons. The van der Waals surface area contributed by atoms with Gasteiger partial charge in [0.1, 0.15) is 5.69 Å². The average molecular weight is 281 g/mol. The summed E-state index contributed by atoms with van der Waals surface area (Å²) in [4.78, 5) is 14.0. The minimum Gasteiger partial charge on any atom is -0.338 e. The summed E-state index contributed by atoms with van der Waals surface area (Å²) in [5.74, 6) is 4.14. The van der Waals surface area contributed by atoms with Crippen LogP contribution in [0.25, 0.3) is 0 Å². The van der Waals surface area contributed by atoms with Gasteiger partial charge < -0.3 is 10.3 Å². The lowest BCUT2D eigenvalue weighted by Crippen LogP contribution is -2.29. The smallest absolute Gasteiger partial charge is 0.254 e. The summed E-state index contributed by atoms with van der Waals surface area (Å²) in [6.45, 7) is 1.40. The Morgan fingerprint density at radius 1 is 1.20 bits per heavy atom. The van der Waals surface area contributed by atoms with Crippen molar-refractivity contribution in [1.29, 1.82) is 0 Å². The normalized spacial score (nSPS) is 24.9. The van der Waals surface area contributed by atoms with Crippen LogP contribution in [0.2, 0.25) is 0 Å². The van der Waals surface area contributed by atoms with Crippen molar-refractivity contribution in [3.05, 3.63) is 29.3 Å². The van der Waals surface area contributed by atoms with E-state index in [1.54, 1.807) is 4.90 Å². The minimum absolute atomic E-state index is 0.0407. The van der Waals surface area contributed by atoms with Gasteiger partial charge in [0.2, 0.25) is 0 Å². The number of nitrogen functional groups attached to an aromatic ring is 1. The number of fused-ring (bicyclic) bond motifs is 1. The van der Waals surface area contributed by atoms with E-state index in [1.807, 2.05) is 5.43 Å². The number of nitrogens with one attached hydrogen (secondary N) is 1. The molecule has 1 aliphatic heterocycles. The number of nitrogens with zero attached hydrogens (tertiary/aromatic N) is 1. The molecule has 3 rings (SSSR count). The molecular weight excluding hydrogens is 264 g/mol. The standard InChI is InChI=1S/C14H17F2N3O/c15-11-4-10(5-12(16)13(11)18-17)14(20)19-6-8-2-1-3-9(8)7-19/h4-5,8-9,18H,1-3,6-7,17H2. The maximum Gasteiger partial charge on any atom is 0.254 e. The van der Waals surface area contributed by atoms with E-state index in [-0.39, 0.29) is 11.5 Å². The maximum atomic E-state index is 13.6.